The molecule has 0 saturated carbocycles. The molecule has 5 aromatic rings. The van der Waals surface area contributed by atoms with Gasteiger partial charge in [-0.1, -0.05) is 24.3 Å². The van der Waals surface area contributed by atoms with Gasteiger partial charge in [0.25, 0.3) is 0 Å². The summed E-state index contributed by atoms with van der Waals surface area (Å²) in [6.07, 6.45) is -0.491. The third-order valence-corrected chi connectivity index (χ3v) is 10.8. The number of rotatable bonds is 12. The second-order valence-corrected chi connectivity index (χ2v) is 15.2. The second-order valence-electron chi connectivity index (χ2n) is 15.2. The van der Waals surface area contributed by atoms with Crippen molar-refractivity contribution in [2.24, 2.45) is 0 Å². The predicted molar refractivity (Wildman–Crippen MR) is 209 cm³/mol. The maximum atomic E-state index is 17.2. The summed E-state index contributed by atoms with van der Waals surface area (Å²) >= 11 is 0. The maximum Gasteiger partial charge on any atom is 0.418 e. The van der Waals surface area contributed by atoms with E-state index in [9.17, 15) is 5.11 Å². The normalized spacial score (nSPS) is 18.9. The molecule has 15 heteroatoms. The van der Waals surface area contributed by atoms with Gasteiger partial charge < -0.3 is 34.0 Å². The van der Waals surface area contributed by atoms with Crippen LogP contribution < -0.4 is 24.0 Å². The Morgan fingerprint density at radius 2 is 1.56 bits per heavy atom. The SMILES string of the molecule is COc1ccc(CN(Cc2ccc(OC)cc2)c2cc(C)c(C(F)(F)F)c(-c3ncc4c(N5CCCC(C)(O)C5)nc(OC[C@@H]5CCCN5C)nc4c3F)n2)cc1. The van der Waals surface area contributed by atoms with Crippen LogP contribution in [0.4, 0.5) is 29.2 Å². The molecule has 2 saturated heterocycles. The molecule has 0 spiro atoms. The number of likely N-dealkylation sites (N-methyl/N-ethyl adjacent to an activating group) is 1. The number of benzene rings is 2. The van der Waals surface area contributed by atoms with E-state index in [1.165, 1.54) is 19.2 Å². The predicted octanol–water partition coefficient (Wildman–Crippen LogP) is 7.60. The van der Waals surface area contributed by atoms with Gasteiger partial charge in [-0.05, 0) is 100 Å². The number of β-amino-alcohol motifs (C(OH)–C–C–N with tert-alkyl or cyclic N) is 1. The molecular weight excluding hydrogens is 742 g/mol. The van der Waals surface area contributed by atoms with Crippen molar-refractivity contribution in [3.8, 4) is 28.9 Å². The maximum absolute atomic E-state index is 17.2. The average molecular weight is 790 g/mol. The van der Waals surface area contributed by atoms with Gasteiger partial charge in [-0.3, -0.25) is 4.98 Å². The van der Waals surface area contributed by atoms with E-state index in [4.69, 9.17) is 14.2 Å². The van der Waals surface area contributed by atoms with Crippen molar-refractivity contribution in [1.82, 2.24) is 24.8 Å². The molecule has 0 aliphatic carbocycles. The molecule has 0 radical (unpaired) electrons. The Kier molecular flexibility index (Phi) is 11.4. The van der Waals surface area contributed by atoms with Crippen molar-refractivity contribution in [1.29, 1.82) is 0 Å². The molecule has 1 unspecified atom stereocenters. The van der Waals surface area contributed by atoms with Crippen LogP contribution in [0.25, 0.3) is 22.3 Å². The van der Waals surface area contributed by atoms with Crippen LogP contribution in [0.5, 0.6) is 17.5 Å². The number of aromatic nitrogens is 4. The summed E-state index contributed by atoms with van der Waals surface area (Å²) in [6.45, 7) is 5.44. The topological polar surface area (TPSA) is 109 Å². The molecule has 1 N–H and O–H groups in total. The van der Waals surface area contributed by atoms with E-state index < -0.39 is 34.5 Å². The Bertz CT molecular complexity index is 2150. The number of hydrogen-bond donors (Lipinski definition) is 1. The van der Waals surface area contributed by atoms with Crippen molar-refractivity contribution >= 4 is 22.5 Å². The highest BCUT2D eigenvalue weighted by Crippen LogP contribution is 2.42. The van der Waals surface area contributed by atoms with Gasteiger partial charge in [0.2, 0.25) is 0 Å². The minimum atomic E-state index is -4.90. The molecule has 11 nitrogen and oxygen atoms in total. The number of aliphatic hydroxyl groups is 1. The molecule has 2 atom stereocenters. The fourth-order valence-electron chi connectivity index (χ4n) is 7.72. The van der Waals surface area contributed by atoms with E-state index in [1.807, 2.05) is 41.1 Å². The van der Waals surface area contributed by atoms with E-state index in [2.05, 4.69) is 24.8 Å². The van der Waals surface area contributed by atoms with Crippen LogP contribution in [0.2, 0.25) is 0 Å². The van der Waals surface area contributed by atoms with Gasteiger partial charge in [0.1, 0.15) is 46.6 Å². The quantitative estimate of drug-likeness (QED) is 0.126. The van der Waals surface area contributed by atoms with Crippen LogP contribution >= 0.6 is 0 Å². The number of piperidine rings is 1. The summed E-state index contributed by atoms with van der Waals surface area (Å²) in [5.41, 5.74) is -2.13. The molecule has 2 fully saturated rings. The van der Waals surface area contributed by atoms with Crippen LogP contribution in [0, 0.1) is 12.7 Å². The number of halogens is 4. The number of fused-ring (bicyclic) bond motifs is 1. The number of ether oxygens (including phenoxy) is 3. The first-order valence-electron chi connectivity index (χ1n) is 19.0. The lowest BCUT2D eigenvalue weighted by Crippen LogP contribution is -2.46. The Balaban J connectivity index is 1.36. The first-order chi connectivity index (χ1) is 27.2. The van der Waals surface area contributed by atoms with Gasteiger partial charge in [0, 0.05) is 38.4 Å². The highest BCUT2D eigenvalue weighted by molar-refractivity contribution is 5.92. The number of pyridine rings is 2. The van der Waals surface area contributed by atoms with Gasteiger partial charge in [0.15, 0.2) is 5.82 Å². The molecular formula is C42H47F4N7O4. The second kappa shape index (κ2) is 16.3. The zero-order valence-electron chi connectivity index (χ0n) is 32.7. The minimum Gasteiger partial charge on any atom is -0.497 e. The number of aryl methyl sites for hydroxylation is 1. The van der Waals surface area contributed by atoms with Crippen molar-refractivity contribution in [2.45, 2.75) is 70.4 Å². The van der Waals surface area contributed by atoms with E-state index in [0.717, 1.165) is 30.5 Å². The summed E-state index contributed by atoms with van der Waals surface area (Å²) in [6, 6.07) is 16.0. The molecule has 302 valence electrons. The van der Waals surface area contributed by atoms with Gasteiger partial charge >= 0.3 is 12.2 Å². The zero-order valence-corrected chi connectivity index (χ0v) is 32.7. The van der Waals surface area contributed by atoms with Gasteiger partial charge in [-0.15, -0.1) is 0 Å². The van der Waals surface area contributed by atoms with Gasteiger partial charge in [0.05, 0.1) is 30.8 Å². The molecule has 0 amide bonds. The lowest BCUT2D eigenvalue weighted by molar-refractivity contribution is -0.137. The molecule has 2 aliphatic rings. The first-order valence-corrected chi connectivity index (χ1v) is 19.0. The average Bonchev–Trinajstić information content (AvgIpc) is 3.60. The first kappa shape index (κ1) is 39.9. The van der Waals surface area contributed by atoms with Crippen LogP contribution in [0.3, 0.4) is 0 Å². The summed E-state index contributed by atoms with van der Waals surface area (Å²) in [5.74, 6) is 0.690. The Labute approximate surface area is 329 Å². The molecule has 3 aromatic heterocycles. The highest BCUT2D eigenvalue weighted by Gasteiger charge is 2.39. The molecule has 2 aromatic carbocycles. The molecule has 2 aliphatic heterocycles. The lowest BCUT2D eigenvalue weighted by Gasteiger charge is -2.37. The Morgan fingerprint density at radius 3 is 2.12 bits per heavy atom. The van der Waals surface area contributed by atoms with E-state index in [1.54, 1.807) is 45.4 Å². The van der Waals surface area contributed by atoms with E-state index in [0.29, 0.717) is 30.9 Å². The van der Waals surface area contributed by atoms with E-state index in [-0.39, 0.29) is 66.4 Å². The fourth-order valence-corrected chi connectivity index (χ4v) is 7.72. The van der Waals surface area contributed by atoms with Crippen LogP contribution in [-0.4, -0.2) is 89.1 Å². The number of methoxy groups -OCH3 is 2. The molecule has 0 bridgehead atoms. The lowest BCUT2D eigenvalue weighted by atomic mass is 9.95. The van der Waals surface area contributed by atoms with Crippen molar-refractivity contribution in [3.63, 3.8) is 0 Å². The molecule has 57 heavy (non-hydrogen) atoms. The third-order valence-electron chi connectivity index (χ3n) is 10.8. The Hall–Kier alpha value is -5.28. The molecule has 7 rings (SSSR count). The summed E-state index contributed by atoms with van der Waals surface area (Å²) in [7, 11) is 5.13. The highest BCUT2D eigenvalue weighted by atomic mass is 19.4. The monoisotopic (exact) mass is 789 g/mol. The third kappa shape index (κ3) is 8.84. The number of alkyl halides is 3. The van der Waals surface area contributed by atoms with Crippen molar-refractivity contribution < 1.29 is 36.9 Å². The number of hydrogen-bond acceptors (Lipinski definition) is 11. The van der Waals surface area contributed by atoms with Gasteiger partial charge in [-0.2, -0.15) is 23.1 Å². The van der Waals surface area contributed by atoms with Gasteiger partial charge in [-0.25, -0.2) is 9.37 Å². The largest absolute Gasteiger partial charge is 0.497 e. The van der Waals surface area contributed by atoms with Crippen LogP contribution in [0.1, 0.15) is 54.9 Å². The number of likely N-dealkylation sites (tertiary alicyclic amines) is 1. The number of anilines is 2. The van der Waals surface area contributed by atoms with Crippen molar-refractivity contribution in [2.75, 3.05) is 57.3 Å². The molecule has 5 heterocycles. The summed E-state index contributed by atoms with van der Waals surface area (Å²) in [4.78, 5) is 23.9. The van der Waals surface area contributed by atoms with Crippen LogP contribution in [0.15, 0.2) is 60.8 Å². The fraction of sp³-hybridized carbons (Fsp3) is 0.429. The number of nitrogens with zero attached hydrogens (tertiary/aromatic N) is 7. The minimum absolute atomic E-state index is 0.101. The van der Waals surface area contributed by atoms with Crippen LogP contribution in [-0.2, 0) is 19.3 Å². The van der Waals surface area contributed by atoms with E-state index >= 15 is 17.6 Å². The standard InChI is InChI=1S/C42H47F4N7O4/c1-26-20-33(53(22-27-9-13-30(55-4)14-10-27)23-28-11-15-31(56-5)16-12-28)48-37(34(26)42(44,45)46)38-35(43)36-32(21-47-38)39(52-19-7-17-41(2,54)25-52)50-40(49-36)57-24-29-8-6-18-51(29)3/h9-16,20-21,29,54H,6-8,17-19,22-25H2,1-5H3/t29-,41?/m0/s1. The van der Waals surface area contributed by atoms with Crippen molar-refractivity contribution in [3.05, 3.63) is 88.9 Å². The summed E-state index contributed by atoms with van der Waals surface area (Å²) < 4.78 is 79.0. The zero-order chi connectivity index (χ0) is 40.5. The Morgan fingerprint density at radius 1 is 0.912 bits per heavy atom. The summed E-state index contributed by atoms with van der Waals surface area (Å²) in [5, 5.41) is 11.1. The smallest absolute Gasteiger partial charge is 0.418 e.